The average molecular weight is 301 g/mol. The second kappa shape index (κ2) is 7.84. The molecule has 21 heavy (non-hydrogen) atoms. The summed E-state index contributed by atoms with van der Waals surface area (Å²) in [5, 5.41) is 5.54. The summed E-state index contributed by atoms with van der Waals surface area (Å²) in [5.41, 5.74) is 2.59. The molecule has 4 heteroatoms. The predicted molar refractivity (Wildman–Crippen MR) is 92.0 cm³/mol. The first-order valence-corrected chi connectivity index (χ1v) is 8.06. The molecule has 0 aliphatic heterocycles. The van der Waals surface area contributed by atoms with Gasteiger partial charge in [-0.3, -0.25) is 4.99 Å². The molecule has 0 saturated heterocycles. The molecule has 0 saturated carbocycles. The fourth-order valence-electron chi connectivity index (χ4n) is 2.18. The number of hydrogen-bond acceptors (Lipinski definition) is 2. The molecule has 0 aliphatic rings. The Labute approximate surface area is 131 Å². The van der Waals surface area contributed by atoms with E-state index in [0.29, 0.717) is 0 Å². The molecule has 0 spiro atoms. The van der Waals surface area contributed by atoms with E-state index in [4.69, 9.17) is 0 Å². The lowest BCUT2D eigenvalue weighted by Gasteiger charge is -2.22. The minimum absolute atomic E-state index is 0.860. The second-order valence-corrected chi connectivity index (χ2v) is 6.18. The monoisotopic (exact) mass is 301 g/mol. The van der Waals surface area contributed by atoms with E-state index in [1.54, 1.807) is 11.3 Å². The highest BCUT2D eigenvalue weighted by atomic mass is 32.1. The van der Waals surface area contributed by atoms with Crippen molar-refractivity contribution in [1.82, 2.24) is 10.2 Å². The van der Waals surface area contributed by atoms with Gasteiger partial charge in [0.25, 0.3) is 0 Å². The summed E-state index contributed by atoms with van der Waals surface area (Å²) >= 11 is 1.80. The fraction of sp³-hybridized carbons (Fsp3) is 0.353. The molecule has 0 atom stereocenters. The minimum atomic E-state index is 0.860. The normalized spacial score (nSPS) is 11.5. The molecule has 2 rings (SSSR count). The van der Waals surface area contributed by atoms with Gasteiger partial charge in [0.05, 0.1) is 0 Å². The van der Waals surface area contributed by atoms with Crippen molar-refractivity contribution >= 4 is 17.3 Å². The van der Waals surface area contributed by atoms with Gasteiger partial charge in [-0.25, -0.2) is 0 Å². The number of hydrogen-bond donors (Lipinski definition) is 1. The van der Waals surface area contributed by atoms with E-state index in [9.17, 15) is 0 Å². The standard InChI is InChI=1S/C17H23N3S/c1-14-6-8-15(9-7-14)13-20(3)17(18-2)19-11-10-16-5-4-12-21-16/h4-9,12H,10-11,13H2,1-3H3,(H,18,19). The first kappa shape index (κ1) is 15.6. The number of aliphatic imine (C=N–C) groups is 1. The lowest BCUT2D eigenvalue weighted by atomic mass is 10.1. The lowest BCUT2D eigenvalue weighted by molar-refractivity contribution is 0.477. The van der Waals surface area contributed by atoms with Gasteiger partial charge in [0.1, 0.15) is 0 Å². The van der Waals surface area contributed by atoms with Gasteiger partial charge in [-0.1, -0.05) is 35.9 Å². The molecule has 1 N–H and O–H groups in total. The van der Waals surface area contributed by atoms with Gasteiger partial charge >= 0.3 is 0 Å². The van der Waals surface area contributed by atoms with Gasteiger partial charge in [-0.2, -0.15) is 0 Å². The molecule has 0 radical (unpaired) electrons. The molecular weight excluding hydrogens is 278 g/mol. The zero-order chi connectivity index (χ0) is 15.1. The quantitative estimate of drug-likeness (QED) is 0.678. The third-order valence-corrected chi connectivity index (χ3v) is 4.28. The third kappa shape index (κ3) is 4.90. The Bertz CT molecular complexity index is 558. The van der Waals surface area contributed by atoms with E-state index in [-0.39, 0.29) is 0 Å². The van der Waals surface area contributed by atoms with Crippen molar-refractivity contribution in [3.05, 3.63) is 57.8 Å². The highest BCUT2D eigenvalue weighted by molar-refractivity contribution is 7.09. The number of thiophene rings is 1. The third-order valence-electron chi connectivity index (χ3n) is 3.35. The summed E-state index contributed by atoms with van der Waals surface area (Å²) in [6.45, 7) is 3.88. The van der Waals surface area contributed by atoms with E-state index in [1.165, 1.54) is 16.0 Å². The van der Waals surface area contributed by atoms with E-state index in [0.717, 1.165) is 25.5 Å². The zero-order valence-electron chi connectivity index (χ0n) is 13.0. The Morgan fingerprint density at radius 3 is 2.62 bits per heavy atom. The topological polar surface area (TPSA) is 27.6 Å². The maximum atomic E-state index is 4.36. The van der Waals surface area contributed by atoms with E-state index < -0.39 is 0 Å². The largest absolute Gasteiger partial charge is 0.356 e. The van der Waals surface area contributed by atoms with Crippen LogP contribution in [0, 0.1) is 6.92 Å². The van der Waals surface area contributed by atoms with Crippen LogP contribution < -0.4 is 5.32 Å². The Morgan fingerprint density at radius 1 is 1.24 bits per heavy atom. The molecule has 2 aromatic rings. The predicted octanol–water partition coefficient (Wildman–Crippen LogP) is 3.31. The first-order valence-electron chi connectivity index (χ1n) is 7.19. The van der Waals surface area contributed by atoms with Gasteiger partial charge in [0.2, 0.25) is 0 Å². The molecule has 1 heterocycles. The van der Waals surface area contributed by atoms with Crippen molar-refractivity contribution in [3.63, 3.8) is 0 Å². The smallest absolute Gasteiger partial charge is 0.193 e. The number of nitrogens with zero attached hydrogens (tertiary/aromatic N) is 2. The molecule has 112 valence electrons. The van der Waals surface area contributed by atoms with E-state index >= 15 is 0 Å². The van der Waals surface area contributed by atoms with Crippen LogP contribution in [-0.4, -0.2) is 31.5 Å². The molecule has 0 bridgehead atoms. The molecule has 1 aromatic carbocycles. The molecule has 0 aliphatic carbocycles. The van der Waals surface area contributed by atoms with Gasteiger partial charge in [0, 0.05) is 32.1 Å². The van der Waals surface area contributed by atoms with Gasteiger partial charge in [-0.15, -0.1) is 11.3 Å². The maximum Gasteiger partial charge on any atom is 0.193 e. The van der Waals surface area contributed by atoms with E-state index in [1.807, 2.05) is 7.05 Å². The van der Waals surface area contributed by atoms with Gasteiger partial charge < -0.3 is 10.2 Å². The number of aryl methyl sites for hydroxylation is 1. The Morgan fingerprint density at radius 2 is 2.00 bits per heavy atom. The summed E-state index contributed by atoms with van der Waals surface area (Å²) in [4.78, 5) is 7.91. The van der Waals surface area contributed by atoms with Crippen LogP contribution in [0.3, 0.4) is 0 Å². The van der Waals surface area contributed by atoms with Crippen molar-refractivity contribution in [2.45, 2.75) is 19.9 Å². The summed E-state index contributed by atoms with van der Waals surface area (Å²) in [6, 6.07) is 12.9. The lowest BCUT2D eigenvalue weighted by Crippen LogP contribution is -2.39. The molecule has 0 fully saturated rings. The fourth-order valence-corrected chi connectivity index (χ4v) is 2.89. The van der Waals surface area contributed by atoms with E-state index in [2.05, 4.69) is 71.0 Å². The maximum absolute atomic E-state index is 4.36. The summed E-state index contributed by atoms with van der Waals surface area (Å²) in [6.07, 6.45) is 1.04. The van der Waals surface area contributed by atoms with Crippen molar-refractivity contribution in [1.29, 1.82) is 0 Å². The summed E-state index contributed by atoms with van der Waals surface area (Å²) in [7, 11) is 3.90. The average Bonchev–Trinajstić information content (AvgIpc) is 2.99. The number of nitrogens with one attached hydrogen (secondary N) is 1. The molecular formula is C17H23N3S. The number of benzene rings is 1. The highest BCUT2D eigenvalue weighted by Crippen LogP contribution is 2.09. The van der Waals surface area contributed by atoms with Crippen LogP contribution in [0.5, 0.6) is 0 Å². The van der Waals surface area contributed by atoms with Crippen LogP contribution >= 0.6 is 11.3 Å². The Balaban J connectivity index is 1.83. The van der Waals surface area contributed by atoms with Gasteiger partial charge in [-0.05, 0) is 30.4 Å². The van der Waals surface area contributed by atoms with Crippen LogP contribution in [0.25, 0.3) is 0 Å². The minimum Gasteiger partial charge on any atom is -0.356 e. The van der Waals surface area contributed by atoms with Crippen LogP contribution in [0.2, 0.25) is 0 Å². The Hall–Kier alpha value is -1.81. The zero-order valence-corrected chi connectivity index (χ0v) is 13.8. The SMILES string of the molecule is CN=C(NCCc1cccs1)N(C)Cc1ccc(C)cc1. The molecule has 0 amide bonds. The van der Waals surface area contributed by atoms with Crippen LogP contribution in [0.4, 0.5) is 0 Å². The number of guanidine groups is 1. The first-order chi connectivity index (χ1) is 10.2. The van der Waals surface area contributed by atoms with Crippen LogP contribution in [0.15, 0.2) is 46.8 Å². The molecule has 3 nitrogen and oxygen atoms in total. The van der Waals surface area contributed by atoms with Crippen molar-refractivity contribution in [2.24, 2.45) is 4.99 Å². The molecule has 1 aromatic heterocycles. The van der Waals surface area contributed by atoms with Crippen molar-refractivity contribution in [3.8, 4) is 0 Å². The second-order valence-electron chi connectivity index (χ2n) is 5.15. The van der Waals surface area contributed by atoms with Gasteiger partial charge in [0.15, 0.2) is 5.96 Å². The summed E-state index contributed by atoms with van der Waals surface area (Å²) in [5.74, 6) is 0.937. The van der Waals surface area contributed by atoms with Crippen LogP contribution in [0.1, 0.15) is 16.0 Å². The highest BCUT2D eigenvalue weighted by Gasteiger charge is 2.06. The van der Waals surface area contributed by atoms with Crippen LogP contribution in [-0.2, 0) is 13.0 Å². The molecule has 0 unspecified atom stereocenters. The number of rotatable bonds is 5. The summed E-state index contributed by atoms with van der Waals surface area (Å²) < 4.78 is 0. The van der Waals surface area contributed by atoms with Crippen molar-refractivity contribution < 1.29 is 0 Å². The Kier molecular flexibility index (Phi) is 5.81. The van der Waals surface area contributed by atoms with Crippen molar-refractivity contribution in [2.75, 3.05) is 20.6 Å².